The summed E-state index contributed by atoms with van der Waals surface area (Å²) in [5.41, 5.74) is 0.0283. The molecule has 1 N–H and O–H groups in total. The van der Waals surface area contributed by atoms with Crippen LogP contribution in [0, 0.1) is 11.6 Å². The van der Waals surface area contributed by atoms with Crippen molar-refractivity contribution < 1.29 is 13.2 Å². The summed E-state index contributed by atoms with van der Waals surface area (Å²) in [6.07, 6.45) is 0. The lowest BCUT2D eigenvalue weighted by Crippen LogP contribution is -2.01. The zero-order valence-corrected chi connectivity index (χ0v) is 9.95. The Labute approximate surface area is 106 Å². The van der Waals surface area contributed by atoms with Gasteiger partial charge in [0.1, 0.15) is 11.6 Å². The Balaban J connectivity index is 2.14. The molecular formula is C11H7Cl2F2NO. The molecule has 2 aromatic rings. The van der Waals surface area contributed by atoms with Crippen LogP contribution >= 0.6 is 23.2 Å². The lowest BCUT2D eigenvalue weighted by atomic mass is 10.3. The van der Waals surface area contributed by atoms with E-state index < -0.39 is 11.6 Å². The van der Waals surface area contributed by atoms with E-state index in [1.165, 1.54) is 0 Å². The molecular weight excluding hydrogens is 271 g/mol. The van der Waals surface area contributed by atoms with E-state index in [0.29, 0.717) is 5.76 Å². The number of anilines is 1. The average molecular weight is 278 g/mol. The van der Waals surface area contributed by atoms with Crippen molar-refractivity contribution in [3.8, 4) is 0 Å². The molecule has 1 aromatic heterocycles. The van der Waals surface area contributed by atoms with Crippen molar-refractivity contribution in [1.29, 1.82) is 0 Å². The highest BCUT2D eigenvalue weighted by molar-refractivity contribution is 6.33. The summed E-state index contributed by atoms with van der Waals surface area (Å²) in [6.45, 7) is 0.203. The van der Waals surface area contributed by atoms with Crippen molar-refractivity contribution in [2.24, 2.45) is 0 Å². The Hall–Kier alpha value is -1.26. The summed E-state index contributed by atoms with van der Waals surface area (Å²) in [4.78, 5) is 0. The molecule has 2 nitrogen and oxygen atoms in total. The fraction of sp³-hybridized carbons (Fsp3) is 0.0909. The number of benzene rings is 1. The second-order valence-corrected chi connectivity index (χ2v) is 4.08. The Bertz CT molecular complexity index is 519. The van der Waals surface area contributed by atoms with Gasteiger partial charge in [-0.25, -0.2) is 8.78 Å². The van der Waals surface area contributed by atoms with Crippen LogP contribution in [-0.2, 0) is 6.54 Å². The van der Waals surface area contributed by atoms with E-state index >= 15 is 0 Å². The van der Waals surface area contributed by atoms with Crippen molar-refractivity contribution in [2.45, 2.75) is 6.54 Å². The third-order valence-electron chi connectivity index (χ3n) is 2.08. The lowest BCUT2D eigenvalue weighted by molar-refractivity contribution is 0.519. The van der Waals surface area contributed by atoms with Gasteiger partial charge in [0.25, 0.3) is 0 Å². The number of hydrogen-bond donors (Lipinski definition) is 1. The Kier molecular flexibility index (Phi) is 3.54. The van der Waals surface area contributed by atoms with Gasteiger partial charge in [-0.15, -0.1) is 0 Å². The highest BCUT2D eigenvalue weighted by Crippen LogP contribution is 2.27. The quantitative estimate of drug-likeness (QED) is 0.895. The fourth-order valence-electron chi connectivity index (χ4n) is 1.33. The zero-order chi connectivity index (χ0) is 12.4. The van der Waals surface area contributed by atoms with Crippen LogP contribution in [-0.4, -0.2) is 0 Å². The van der Waals surface area contributed by atoms with E-state index in [-0.39, 0.29) is 22.5 Å². The van der Waals surface area contributed by atoms with Crippen molar-refractivity contribution >= 4 is 28.9 Å². The van der Waals surface area contributed by atoms with Crippen LogP contribution in [0.25, 0.3) is 0 Å². The molecule has 0 aliphatic rings. The molecule has 0 fully saturated rings. The first kappa shape index (κ1) is 12.2. The molecule has 2 rings (SSSR count). The first-order valence-corrected chi connectivity index (χ1v) is 5.44. The van der Waals surface area contributed by atoms with Crippen LogP contribution < -0.4 is 5.32 Å². The Morgan fingerprint density at radius 1 is 1.18 bits per heavy atom. The smallest absolute Gasteiger partial charge is 0.193 e. The third-order valence-corrected chi connectivity index (χ3v) is 2.58. The number of nitrogens with one attached hydrogen (secondary N) is 1. The van der Waals surface area contributed by atoms with Crippen LogP contribution in [0.2, 0.25) is 10.2 Å². The molecule has 0 spiro atoms. The predicted octanol–water partition coefficient (Wildman–Crippen LogP) is 4.48. The van der Waals surface area contributed by atoms with Gasteiger partial charge >= 0.3 is 0 Å². The predicted molar refractivity (Wildman–Crippen MR) is 62.4 cm³/mol. The summed E-state index contributed by atoms with van der Waals surface area (Å²) in [5.74, 6) is -0.957. The van der Waals surface area contributed by atoms with Crippen molar-refractivity contribution in [3.63, 3.8) is 0 Å². The SMILES string of the molecule is Fc1cc(F)c(NCc2ccc(Cl)o2)c(Cl)c1. The highest BCUT2D eigenvalue weighted by atomic mass is 35.5. The van der Waals surface area contributed by atoms with E-state index in [4.69, 9.17) is 27.6 Å². The van der Waals surface area contributed by atoms with Crippen LogP contribution in [0.15, 0.2) is 28.7 Å². The van der Waals surface area contributed by atoms with E-state index in [0.717, 1.165) is 12.1 Å². The zero-order valence-electron chi connectivity index (χ0n) is 8.44. The van der Waals surface area contributed by atoms with Crippen molar-refractivity contribution in [1.82, 2.24) is 0 Å². The van der Waals surface area contributed by atoms with E-state index in [2.05, 4.69) is 5.32 Å². The number of furan rings is 1. The molecule has 0 bridgehead atoms. The van der Waals surface area contributed by atoms with Gasteiger partial charge in [0, 0.05) is 6.07 Å². The largest absolute Gasteiger partial charge is 0.448 e. The topological polar surface area (TPSA) is 25.2 Å². The fourth-order valence-corrected chi connectivity index (χ4v) is 1.76. The molecule has 1 aromatic carbocycles. The van der Waals surface area contributed by atoms with Gasteiger partial charge in [-0.3, -0.25) is 0 Å². The Morgan fingerprint density at radius 3 is 2.53 bits per heavy atom. The van der Waals surface area contributed by atoms with E-state index in [9.17, 15) is 8.78 Å². The molecule has 0 unspecified atom stereocenters. The summed E-state index contributed by atoms with van der Waals surface area (Å²) in [5, 5.41) is 2.93. The van der Waals surface area contributed by atoms with Crippen LogP contribution in [0.3, 0.4) is 0 Å². The number of hydrogen-bond acceptors (Lipinski definition) is 2. The second kappa shape index (κ2) is 4.94. The maximum Gasteiger partial charge on any atom is 0.193 e. The first-order chi connectivity index (χ1) is 8.06. The number of rotatable bonds is 3. The van der Waals surface area contributed by atoms with Gasteiger partial charge in [-0.05, 0) is 29.8 Å². The van der Waals surface area contributed by atoms with Gasteiger partial charge in [0.05, 0.1) is 17.3 Å². The van der Waals surface area contributed by atoms with Crippen LogP contribution in [0.1, 0.15) is 5.76 Å². The standard InChI is InChI=1S/C11H7Cl2F2NO/c12-8-3-6(14)4-9(15)11(8)16-5-7-1-2-10(13)17-7/h1-4,16H,5H2. The summed E-state index contributed by atoms with van der Waals surface area (Å²) in [7, 11) is 0. The lowest BCUT2D eigenvalue weighted by Gasteiger charge is -2.08. The second-order valence-electron chi connectivity index (χ2n) is 3.30. The molecule has 0 amide bonds. The minimum absolute atomic E-state index is 0.0276. The van der Waals surface area contributed by atoms with Gasteiger partial charge in [0.15, 0.2) is 11.0 Å². The molecule has 17 heavy (non-hydrogen) atoms. The monoisotopic (exact) mass is 277 g/mol. The molecule has 0 saturated heterocycles. The van der Waals surface area contributed by atoms with Gasteiger partial charge < -0.3 is 9.73 Å². The highest BCUT2D eigenvalue weighted by Gasteiger charge is 2.10. The van der Waals surface area contributed by atoms with E-state index in [1.807, 2.05) is 0 Å². The summed E-state index contributed by atoms with van der Waals surface area (Å²) >= 11 is 11.3. The maximum atomic E-state index is 13.4. The summed E-state index contributed by atoms with van der Waals surface area (Å²) < 4.78 is 31.2. The minimum Gasteiger partial charge on any atom is -0.448 e. The molecule has 0 radical (unpaired) electrons. The summed E-state index contributed by atoms with van der Waals surface area (Å²) in [6, 6.07) is 5.00. The molecule has 0 aliphatic heterocycles. The maximum absolute atomic E-state index is 13.4. The Morgan fingerprint density at radius 2 is 1.94 bits per heavy atom. The van der Waals surface area contributed by atoms with E-state index in [1.54, 1.807) is 12.1 Å². The van der Waals surface area contributed by atoms with Gasteiger partial charge in [-0.2, -0.15) is 0 Å². The normalized spacial score (nSPS) is 10.6. The molecule has 0 saturated carbocycles. The molecule has 0 aliphatic carbocycles. The molecule has 90 valence electrons. The molecule has 1 heterocycles. The van der Waals surface area contributed by atoms with Crippen LogP contribution in [0.4, 0.5) is 14.5 Å². The molecule has 0 atom stereocenters. The first-order valence-electron chi connectivity index (χ1n) is 4.69. The van der Waals surface area contributed by atoms with Gasteiger partial charge in [-0.1, -0.05) is 11.6 Å². The average Bonchev–Trinajstić information content (AvgIpc) is 2.62. The van der Waals surface area contributed by atoms with Gasteiger partial charge in [0.2, 0.25) is 0 Å². The van der Waals surface area contributed by atoms with Crippen molar-refractivity contribution in [3.05, 3.63) is 51.9 Å². The molecule has 6 heteroatoms. The third kappa shape index (κ3) is 2.90. The minimum atomic E-state index is -0.757. The van der Waals surface area contributed by atoms with Crippen molar-refractivity contribution in [2.75, 3.05) is 5.32 Å². The van der Waals surface area contributed by atoms with Crippen LogP contribution in [0.5, 0.6) is 0 Å². The number of halogens is 4.